The molecule has 1 aliphatic heterocycles. The average molecular weight is 280 g/mol. The van der Waals surface area contributed by atoms with Crippen LogP contribution in [0.25, 0.3) is 0 Å². The van der Waals surface area contributed by atoms with Gasteiger partial charge in [-0.25, -0.2) is 4.79 Å². The monoisotopic (exact) mass is 280 g/mol. The summed E-state index contributed by atoms with van der Waals surface area (Å²) in [4.78, 5) is 12.0. The fourth-order valence-corrected chi connectivity index (χ4v) is 2.45. The van der Waals surface area contributed by atoms with E-state index in [1.54, 1.807) is 5.01 Å². The Bertz CT molecular complexity index is 653. The summed E-state index contributed by atoms with van der Waals surface area (Å²) in [6, 6.07) is 19.2. The molecular weight excluding hydrogens is 264 g/mol. The van der Waals surface area contributed by atoms with Crippen LogP contribution in [0, 0.1) is 0 Å². The largest absolute Gasteiger partial charge is 0.467 e. The van der Waals surface area contributed by atoms with Crippen LogP contribution in [0.15, 0.2) is 65.8 Å². The fourth-order valence-electron chi connectivity index (χ4n) is 2.45. The van der Waals surface area contributed by atoms with Crippen LogP contribution in [-0.4, -0.2) is 24.8 Å². The first-order valence-electron chi connectivity index (χ1n) is 6.84. The number of benzene rings is 2. The highest BCUT2D eigenvalue weighted by atomic mass is 16.5. The van der Waals surface area contributed by atoms with Gasteiger partial charge in [0.1, 0.15) is 0 Å². The number of hydrogen-bond donors (Lipinski definition) is 0. The number of methoxy groups -OCH3 is 1. The molecule has 0 bridgehead atoms. The number of carbonyl (C=O) groups excluding carboxylic acids is 1. The molecule has 0 radical (unpaired) electrons. The number of para-hydroxylation sites is 1. The molecule has 0 N–H and O–H groups in total. The van der Waals surface area contributed by atoms with E-state index in [-0.39, 0.29) is 5.97 Å². The van der Waals surface area contributed by atoms with Gasteiger partial charge in [0.05, 0.1) is 18.5 Å². The highest BCUT2D eigenvalue weighted by Gasteiger charge is 2.34. The van der Waals surface area contributed by atoms with Crippen LogP contribution >= 0.6 is 0 Å². The van der Waals surface area contributed by atoms with Crippen molar-refractivity contribution in [1.82, 2.24) is 0 Å². The summed E-state index contributed by atoms with van der Waals surface area (Å²) in [5.41, 5.74) is 2.82. The molecule has 0 aliphatic carbocycles. The number of anilines is 1. The molecule has 4 heteroatoms. The van der Waals surface area contributed by atoms with Crippen molar-refractivity contribution < 1.29 is 9.53 Å². The van der Waals surface area contributed by atoms with Crippen molar-refractivity contribution in [1.29, 1.82) is 0 Å². The second-order valence-electron chi connectivity index (χ2n) is 4.84. The third-order valence-corrected chi connectivity index (χ3v) is 3.51. The van der Waals surface area contributed by atoms with E-state index in [0.717, 1.165) is 17.0 Å². The smallest absolute Gasteiger partial charge is 0.331 e. The predicted molar refractivity (Wildman–Crippen MR) is 82.3 cm³/mol. The molecule has 0 amide bonds. The Hall–Kier alpha value is -2.62. The zero-order valence-corrected chi connectivity index (χ0v) is 11.8. The van der Waals surface area contributed by atoms with Gasteiger partial charge in [-0.1, -0.05) is 48.5 Å². The molecule has 1 heterocycles. The molecule has 2 aromatic rings. The molecule has 21 heavy (non-hydrogen) atoms. The first-order chi connectivity index (χ1) is 10.3. The summed E-state index contributed by atoms with van der Waals surface area (Å²) in [5.74, 6) is -0.270. The summed E-state index contributed by atoms with van der Waals surface area (Å²) in [6.45, 7) is 0. The van der Waals surface area contributed by atoms with Crippen LogP contribution in [0.2, 0.25) is 0 Å². The summed E-state index contributed by atoms with van der Waals surface area (Å²) in [5, 5.41) is 6.37. The van der Waals surface area contributed by atoms with Crippen LogP contribution in [-0.2, 0) is 9.53 Å². The van der Waals surface area contributed by atoms with Crippen molar-refractivity contribution in [2.45, 2.75) is 12.5 Å². The lowest BCUT2D eigenvalue weighted by Gasteiger charge is -2.21. The standard InChI is InChI=1S/C17H16N2O2/c1-21-17(20)16-12-15(13-8-4-2-5-9-13)18-19(16)14-10-6-3-7-11-14/h2-11,16H,12H2,1H3. The second-order valence-corrected chi connectivity index (χ2v) is 4.84. The van der Waals surface area contributed by atoms with Crippen LogP contribution < -0.4 is 5.01 Å². The van der Waals surface area contributed by atoms with E-state index in [2.05, 4.69) is 5.10 Å². The van der Waals surface area contributed by atoms with E-state index < -0.39 is 6.04 Å². The Morgan fingerprint density at radius 1 is 1.10 bits per heavy atom. The van der Waals surface area contributed by atoms with E-state index in [0.29, 0.717) is 6.42 Å². The Kier molecular flexibility index (Phi) is 3.69. The number of ether oxygens (including phenoxy) is 1. The number of carbonyl (C=O) groups is 1. The van der Waals surface area contributed by atoms with E-state index in [1.165, 1.54) is 7.11 Å². The number of hydrogen-bond acceptors (Lipinski definition) is 4. The first kappa shape index (κ1) is 13.4. The Morgan fingerprint density at radius 3 is 2.33 bits per heavy atom. The lowest BCUT2D eigenvalue weighted by atomic mass is 10.0. The van der Waals surface area contributed by atoms with Crippen molar-refractivity contribution in [2.24, 2.45) is 5.10 Å². The van der Waals surface area contributed by atoms with Gasteiger partial charge in [-0.2, -0.15) is 5.10 Å². The van der Waals surface area contributed by atoms with Crippen LogP contribution in [0.4, 0.5) is 5.69 Å². The van der Waals surface area contributed by atoms with E-state index >= 15 is 0 Å². The number of esters is 1. The van der Waals surface area contributed by atoms with Gasteiger partial charge < -0.3 is 4.74 Å². The molecule has 1 unspecified atom stereocenters. The maximum atomic E-state index is 12.0. The summed E-state index contributed by atoms with van der Waals surface area (Å²) >= 11 is 0. The topological polar surface area (TPSA) is 41.9 Å². The molecule has 0 saturated heterocycles. The summed E-state index contributed by atoms with van der Waals surface area (Å²) < 4.78 is 4.92. The van der Waals surface area contributed by atoms with Crippen molar-refractivity contribution in [3.63, 3.8) is 0 Å². The SMILES string of the molecule is COC(=O)C1CC(c2ccccc2)=NN1c1ccccc1. The van der Waals surface area contributed by atoms with Gasteiger partial charge in [-0.3, -0.25) is 5.01 Å². The zero-order chi connectivity index (χ0) is 14.7. The quantitative estimate of drug-likeness (QED) is 0.812. The Balaban J connectivity index is 1.97. The highest BCUT2D eigenvalue weighted by molar-refractivity contribution is 6.06. The van der Waals surface area contributed by atoms with Gasteiger partial charge in [-0.05, 0) is 17.7 Å². The zero-order valence-electron chi connectivity index (χ0n) is 11.8. The predicted octanol–water partition coefficient (Wildman–Crippen LogP) is 2.84. The fraction of sp³-hybridized carbons (Fsp3) is 0.176. The molecule has 1 aliphatic rings. The van der Waals surface area contributed by atoms with E-state index in [1.807, 2.05) is 60.7 Å². The third-order valence-electron chi connectivity index (χ3n) is 3.51. The summed E-state index contributed by atoms with van der Waals surface area (Å²) in [7, 11) is 1.41. The van der Waals surface area contributed by atoms with Gasteiger partial charge in [-0.15, -0.1) is 0 Å². The molecule has 0 saturated carbocycles. The molecule has 0 fully saturated rings. The van der Waals surface area contributed by atoms with Gasteiger partial charge >= 0.3 is 5.97 Å². The first-order valence-corrected chi connectivity index (χ1v) is 6.84. The Labute approximate surface area is 123 Å². The second kappa shape index (κ2) is 5.79. The van der Waals surface area contributed by atoms with Gasteiger partial charge in [0.25, 0.3) is 0 Å². The van der Waals surface area contributed by atoms with Crippen molar-refractivity contribution in [2.75, 3.05) is 12.1 Å². The lowest BCUT2D eigenvalue weighted by Crippen LogP contribution is -2.35. The molecule has 3 rings (SSSR count). The van der Waals surface area contributed by atoms with Crippen molar-refractivity contribution >= 4 is 17.4 Å². The molecule has 2 aromatic carbocycles. The Morgan fingerprint density at radius 2 is 1.71 bits per heavy atom. The minimum atomic E-state index is -0.410. The van der Waals surface area contributed by atoms with Crippen LogP contribution in [0.3, 0.4) is 0 Å². The molecule has 0 spiro atoms. The van der Waals surface area contributed by atoms with Crippen molar-refractivity contribution in [3.05, 3.63) is 66.2 Å². The molecular formula is C17H16N2O2. The van der Waals surface area contributed by atoms with Gasteiger partial charge in [0.2, 0.25) is 0 Å². The average Bonchev–Trinajstić information content (AvgIpc) is 3.01. The van der Waals surface area contributed by atoms with Crippen molar-refractivity contribution in [3.8, 4) is 0 Å². The lowest BCUT2D eigenvalue weighted by molar-refractivity contribution is -0.141. The molecule has 106 valence electrons. The van der Waals surface area contributed by atoms with Crippen LogP contribution in [0.5, 0.6) is 0 Å². The normalized spacial score (nSPS) is 17.5. The minimum absolute atomic E-state index is 0.270. The number of nitrogens with zero attached hydrogens (tertiary/aromatic N) is 2. The third kappa shape index (κ3) is 2.65. The molecule has 1 atom stereocenters. The highest BCUT2D eigenvalue weighted by Crippen LogP contribution is 2.27. The maximum Gasteiger partial charge on any atom is 0.331 e. The van der Waals surface area contributed by atoms with Gasteiger partial charge in [0, 0.05) is 6.42 Å². The minimum Gasteiger partial charge on any atom is -0.467 e. The van der Waals surface area contributed by atoms with E-state index in [4.69, 9.17) is 4.74 Å². The number of hydrazone groups is 1. The van der Waals surface area contributed by atoms with E-state index in [9.17, 15) is 4.79 Å². The molecule has 0 aromatic heterocycles. The maximum absolute atomic E-state index is 12.0. The molecule has 4 nitrogen and oxygen atoms in total. The number of rotatable bonds is 3. The summed E-state index contributed by atoms with van der Waals surface area (Å²) in [6.07, 6.45) is 0.547. The van der Waals surface area contributed by atoms with Gasteiger partial charge in [0.15, 0.2) is 6.04 Å². The van der Waals surface area contributed by atoms with Crippen LogP contribution in [0.1, 0.15) is 12.0 Å².